The molecule has 1 aliphatic carbocycles. The zero-order chi connectivity index (χ0) is 11.9. The van der Waals surface area contributed by atoms with Crippen LogP contribution in [0.4, 0.5) is 0 Å². The first-order chi connectivity index (χ1) is 8.29. The lowest BCUT2D eigenvalue weighted by atomic mass is 9.64. The molecule has 1 fully saturated rings. The van der Waals surface area contributed by atoms with Crippen LogP contribution in [0.25, 0.3) is 0 Å². The summed E-state index contributed by atoms with van der Waals surface area (Å²) in [6.07, 6.45) is 3.53. The maximum atomic E-state index is 5.92. The second-order valence-corrected chi connectivity index (χ2v) is 4.75. The lowest BCUT2D eigenvalue weighted by molar-refractivity contribution is 0.171. The van der Waals surface area contributed by atoms with Gasteiger partial charge < -0.3 is 19.9 Å². The van der Waals surface area contributed by atoms with Crippen molar-refractivity contribution in [1.29, 1.82) is 0 Å². The summed E-state index contributed by atoms with van der Waals surface area (Å²) in [7, 11) is 1.65. The SMILES string of the molecule is COc1cc(C2(CN)CCC2)cc2c1OCO2. The standard InChI is InChI=1S/C13H17NO3/c1-15-10-5-9(13(7-14)3-2-4-13)6-11-12(10)17-8-16-11/h5-6H,2-4,7-8,14H2,1H3. The van der Waals surface area contributed by atoms with Crippen molar-refractivity contribution in [3.05, 3.63) is 17.7 Å². The smallest absolute Gasteiger partial charge is 0.231 e. The topological polar surface area (TPSA) is 53.7 Å². The van der Waals surface area contributed by atoms with Crippen LogP contribution in [-0.4, -0.2) is 20.4 Å². The van der Waals surface area contributed by atoms with Crippen molar-refractivity contribution in [2.24, 2.45) is 5.73 Å². The van der Waals surface area contributed by atoms with Crippen LogP contribution >= 0.6 is 0 Å². The van der Waals surface area contributed by atoms with Crippen LogP contribution < -0.4 is 19.9 Å². The van der Waals surface area contributed by atoms with E-state index < -0.39 is 0 Å². The van der Waals surface area contributed by atoms with Crippen molar-refractivity contribution in [3.63, 3.8) is 0 Å². The Labute approximate surface area is 101 Å². The Hall–Kier alpha value is -1.42. The molecule has 3 rings (SSSR count). The molecule has 4 heteroatoms. The van der Waals surface area contributed by atoms with E-state index in [9.17, 15) is 0 Å². The maximum absolute atomic E-state index is 5.92. The predicted octanol–water partition coefficient (Wildman–Crippen LogP) is 1.80. The minimum atomic E-state index is 0.119. The Morgan fingerprint density at radius 3 is 2.76 bits per heavy atom. The Bertz CT molecular complexity index is 435. The van der Waals surface area contributed by atoms with Crippen LogP contribution in [0.1, 0.15) is 24.8 Å². The van der Waals surface area contributed by atoms with Crippen molar-refractivity contribution in [2.75, 3.05) is 20.4 Å². The molecule has 0 aromatic heterocycles. The minimum absolute atomic E-state index is 0.119. The van der Waals surface area contributed by atoms with Gasteiger partial charge in [-0.1, -0.05) is 6.42 Å². The quantitative estimate of drug-likeness (QED) is 0.868. The summed E-state index contributed by atoms with van der Waals surface area (Å²) in [6.45, 7) is 0.945. The van der Waals surface area contributed by atoms with Crippen molar-refractivity contribution in [3.8, 4) is 17.2 Å². The molecule has 2 aliphatic rings. The van der Waals surface area contributed by atoms with Crippen LogP contribution in [0.3, 0.4) is 0 Å². The van der Waals surface area contributed by atoms with Gasteiger partial charge in [-0.25, -0.2) is 0 Å². The van der Waals surface area contributed by atoms with Crippen molar-refractivity contribution >= 4 is 0 Å². The molecule has 0 bridgehead atoms. The first-order valence-corrected chi connectivity index (χ1v) is 5.97. The number of hydrogen-bond acceptors (Lipinski definition) is 4. The molecule has 92 valence electrons. The fraction of sp³-hybridized carbons (Fsp3) is 0.538. The number of rotatable bonds is 3. The average Bonchev–Trinajstić information content (AvgIpc) is 2.75. The van der Waals surface area contributed by atoms with Gasteiger partial charge in [0.05, 0.1) is 7.11 Å². The van der Waals surface area contributed by atoms with E-state index >= 15 is 0 Å². The zero-order valence-corrected chi connectivity index (χ0v) is 9.99. The molecule has 0 unspecified atom stereocenters. The summed E-state index contributed by atoms with van der Waals surface area (Å²) < 4.78 is 16.2. The van der Waals surface area contributed by atoms with Gasteiger partial charge in [-0.05, 0) is 30.5 Å². The van der Waals surface area contributed by atoms with Crippen LogP contribution in [0, 0.1) is 0 Å². The molecule has 2 N–H and O–H groups in total. The highest BCUT2D eigenvalue weighted by molar-refractivity contribution is 5.56. The van der Waals surface area contributed by atoms with E-state index in [-0.39, 0.29) is 12.2 Å². The van der Waals surface area contributed by atoms with Gasteiger partial charge in [0.1, 0.15) is 0 Å². The third kappa shape index (κ3) is 1.47. The molecule has 1 heterocycles. The van der Waals surface area contributed by atoms with Gasteiger partial charge in [-0.3, -0.25) is 0 Å². The second kappa shape index (κ2) is 3.81. The van der Waals surface area contributed by atoms with Gasteiger partial charge >= 0.3 is 0 Å². The van der Waals surface area contributed by atoms with Gasteiger partial charge in [0, 0.05) is 12.0 Å². The summed E-state index contributed by atoms with van der Waals surface area (Å²) in [5.41, 5.74) is 7.26. The summed E-state index contributed by atoms with van der Waals surface area (Å²) in [6, 6.07) is 4.09. The summed E-state index contributed by atoms with van der Waals surface area (Å²) >= 11 is 0. The molecule has 1 aliphatic heterocycles. The maximum Gasteiger partial charge on any atom is 0.231 e. The molecule has 1 aromatic rings. The van der Waals surface area contributed by atoms with E-state index in [2.05, 4.69) is 6.07 Å². The van der Waals surface area contributed by atoms with Crippen LogP contribution in [-0.2, 0) is 5.41 Å². The molecule has 17 heavy (non-hydrogen) atoms. The fourth-order valence-electron chi connectivity index (χ4n) is 2.65. The number of hydrogen-bond donors (Lipinski definition) is 1. The van der Waals surface area contributed by atoms with Gasteiger partial charge in [-0.2, -0.15) is 0 Å². The number of benzene rings is 1. The Balaban J connectivity index is 2.06. The number of fused-ring (bicyclic) bond motifs is 1. The lowest BCUT2D eigenvalue weighted by Crippen LogP contribution is -2.41. The molecule has 0 spiro atoms. The molecular weight excluding hydrogens is 218 g/mol. The van der Waals surface area contributed by atoms with Crippen molar-refractivity contribution in [2.45, 2.75) is 24.7 Å². The summed E-state index contributed by atoms with van der Waals surface area (Å²) in [4.78, 5) is 0. The summed E-state index contributed by atoms with van der Waals surface area (Å²) in [5, 5.41) is 0. The van der Waals surface area contributed by atoms with E-state index in [4.69, 9.17) is 19.9 Å². The molecule has 0 saturated heterocycles. The highest BCUT2D eigenvalue weighted by Crippen LogP contribution is 2.49. The third-order valence-corrected chi connectivity index (χ3v) is 3.97. The van der Waals surface area contributed by atoms with E-state index in [0.29, 0.717) is 12.3 Å². The Morgan fingerprint density at radius 1 is 1.35 bits per heavy atom. The van der Waals surface area contributed by atoms with Gasteiger partial charge in [0.25, 0.3) is 0 Å². The monoisotopic (exact) mass is 235 g/mol. The molecule has 0 atom stereocenters. The fourth-order valence-corrected chi connectivity index (χ4v) is 2.65. The minimum Gasteiger partial charge on any atom is -0.493 e. The molecule has 4 nitrogen and oxygen atoms in total. The highest BCUT2D eigenvalue weighted by atomic mass is 16.7. The zero-order valence-electron chi connectivity index (χ0n) is 9.99. The van der Waals surface area contributed by atoms with Crippen LogP contribution in [0.2, 0.25) is 0 Å². The van der Waals surface area contributed by atoms with E-state index in [0.717, 1.165) is 24.3 Å². The molecule has 1 saturated carbocycles. The van der Waals surface area contributed by atoms with Gasteiger partial charge in [0.2, 0.25) is 12.5 Å². The molecule has 1 aromatic carbocycles. The predicted molar refractivity (Wildman–Crippen MR) is 63.7 cm³/mol. The van der Waals surface area contributed by atoms with Crippen LogP contribution in [0.15, 0.2) is 12.1 Å². The Morgan fingerprint density at radius 2 is 2.18 bits per heavy atom. The van der Waals surface area contributed by atoms with E-state index in [1.165, 1.54) is 12.0 Å². The second-order valence-electron chi connectivity index (χ2n) is 4.75. The van der Waals surface area contributed by atoms with E-state index in [1.54, 1.807) is 7.11 Å². The first kappa shape index (κ1) is 10.7. The summed E-state index contributed by atoms with van der Waals surface area (Å²) in [5.74, 6) is 2.23. The first-order valence-electron chi connectivity index (χ1n) is 5.97. The number of ether oxygens (including phenoxy) is 3. The van der Waals surface area contributed by atoms with Gasteiger partial charge in [0.15, 0.2) is 11.5 Å². The largest absolute Gasteiger partial charge is 0.493 e. The molecular formula is C13H17NO3. The molecule has 0 radical (unpaired) electrons. The number of methoxy groups -OCH3 is 1. The number of nitrogens with two attached hydrogens (primary N) is 1. The van der Waals surface area contributed by atoms with E-state index in [1.807, 2.05) is 6.07 Å². The van der Waals surface area contributed by atoms with Crippen LogP contribution in [0.5, 0.6) is 17.2 Å². The normalized spacial score (nSPS) is 19.9. The van der Waals surface area contributed by atoms with Crippen molar-refractivity contribution < 1.29 is 14.2 Å². The highest BCUT2D eigenvalue weighted by Gasteiger charge is 2.39. The van der Waals surface area contributed by atoms with Gasteiger partial charge in [-0.15, -0.1) is 0 Å². The third-order valence-electron chi connectivity index (χ3n) is 3.97. The molecule has 0 amide bonds. The lowest BCUT2D eigenvalue weighted by Gasteiger charge is -2.41. The van der Waals surface area contributed by atoms with Crippen molar-refractivity contribution in [1.82, 2.24) is 0 Å². The average molecular weight is 235 g/mol. The Kier molecular flexibility index (Phi) is 2.40.